The number of benzene rings is 1. The Morgan fingerprint density at radius 3 is 2.73 bits per heavy atom. The van der Waals surface area contributed by atoms with Gasteiger partial charge >= 0.3 is 0 Å². The van der Waals surface area contributed by atoms with Gasteiger partial charge in [-0.3, -0.25) is 9.20 Å². The van der Waals surface area contributed by atoms with Gasteiger partial charge in [-0.05, 0) is 31.9 Å². The summed E-state index contributed by atoms with van der Waals surface area (Å²) in [7, 11) is 0. The van der Waals surface area contributed by atoms with Gasteiger partial charge in [-0.15, -0.1) is 10.2 Å². The van der Waals surface area contributed by atoms with Crippen LogP contribution in [0.1, 0.15) is 16.7 Å². The molecule has 0 atom stereocenters. The van der Waals surface area contributed by atoms with Crippen LogP contribution in [-0.4, -0.2) is 26.3 Å². The highest BCUT2D eigenvalue weighted by Crippen LogP contribution is 2.28. The Morgan fingerprint density at radius 1 is 1.19 bits per heavy atom. The fraction of sp³-hybridized carbons (Fsp3) is 0.211. The number of thioether (sulfide) groups is 1. The molecule has 0 fully saturated rings. The van der Waals surface area contributed by atoms with Gasteiger partial charge in [0.15, 0.2) is 5.58 Å². The molecule has 0 saturated carbocycles. The number of fused-ring (bicyclic) bond motifs is 3. The molecule has 4 aromatic rings. The van der Waals surface area contributed by atoms with Gasteiger partial charge in [0, 0.05) is 17.8 Å². The molecular formula is C19H18N4O2S. The fourth-order valence-corrected chi connectivity index (χ4v) is 3.95. The van der Waals surface area contributed by atoms with Gasteiger partial charge in [0.1, 0.15) is 11.4 Å². The van der Waals surface area contributed by atoms with Crippen molar-refractivity contribution in [2.24, 2.45) is 0 Å². The molecule has 3 aromatic heterocycles. The SMILES string of the molecule is Cc1cc(C)c(NC(=O)CSc2nncn3c2cc2occc23)c(C)c1. The highest BCUT2D eigenvalue weighted by Gasteiger charge is 2.14. The Kier molecular flexibility index (Phi) is 4.16. The van der Waals surface area contributed by atoms with E-state index in [2.05, 4.69) is 34.6 Å². The van der Waals surface area contributed by atoms with Gasteiger partial charge < -0.3 is 9.73 Å². The molecule has 7 heteroatoms. The van der Waals surface area contributed by atoms with Crippen molar-refractivity contribution < 1.29 is 9.21 Å². The molecule has 0 bridgehead atoms. The molecule has 132 valence electrons. The highest BCUT2D eigenvalue weighted by molar-refractivity contribution is 8.00. The van der Waals surface area contributed by atoms with E-state index in [1.54, 1.807) is 12.6 Å². The summed E-state index contributed by atoms with van der Waals surface area (Å²) in [6.45, 7) is 6.06. The Labute approximate surface area is 154 Å². The van der Waals surface area contributed by atoms with Crippen LogP contribution in [0, 0.1) is 20.8 Å². The van der Waals surface area contributed by atoms with E-state index >= 15 is 0 Å². The minimum absolute atomic E-state index is 0.0656. The molecule has 1 N–H and O–H groups in total. The summed E-state index contributed by atoms with van der Waals surface area (Å²) in [6.07, 6.45) is 3.29. The second-order valence-corrected chi connectivity index (χ2v) is 7.28. The molecule has 0 aliphatic carbocycles. The number of nitrogens with one attached hydrogen (secondary N) is 1. The maximum atomic E-state index is 12.4. The molecule has 1 aromatic carbocycles. The maximum Gasteiger partial charge on any atom is 0.234 e. The van der Waals surface area contributed by atoms with Crippen molar-refractivity contribution in [3.05, 3.63) is 53.5 Å². The van der Waals surface area contributed by atoms with Crippen molar-refractivity contribution in [1.82, 2.24) is 14.6 Å². The van der Waals surface area contributed by atoms with Crippen LogP contribution in [0.4, 0.5) is 5.69 Å². The zero-order valence-electron chi connectivity index (χ0n) is 14.7. The Morgan fingerprint density at radius 2 is 1.96 bits per heavy atom. The molecular weight excluding hydrogens is 348 g/mol. The minimum atomic E-state index is -0.0656. The number of hydrogen-bond acceptors (Lipinski definition) is 5. The molecule has 6 nitrogen and oxygen atoms in total. The van der Waals surface area contributed by atoms with E-state index in [-0.39, 0.29) is 11.7 Å². The van der Waals surface area contributed by atoms with Gasteiger partial charge in [-0.1, -0.05) is 29.5 Å². The van der Waals surface area contributed by atoms with E-state index in [1.165, 1.54) is 17.3 Å². The van der Waals surface area contributed by atoms with Crippen molar-refractivity contribution in [2.45, 2.75) is 25.8 Å². The van der Waals surface area contributed by atoms with Crippen LogP contribution in [-0.2, 0) is 4.79 Å². The average molecular weight is 366 g/mol. The number of anilines is 1. The minimum Gasteiger partial charge on any atom is -0.463 e. The monoisotopic (exact) mass is 366 g/mol. The topological polar surface area (TPSA) is 72.4 Å². The Hall–Kier alpha value is -2.80. The Bertz CT molecular complexity index is 1110. The van der Waals surface area contributed by atoms with Crippen LogP contribution in [0.25, 0.3) is 16.6 Å². The van der Waals surface area contributed by atoms with Crippen molar-refractivity contribution in [2.75, 3.05) is 11.1 Å². The second-order valence-electron chi connectivity index (χ2n) is 6.32. The lowest BCUT2D eigenvalue weighted by atomic mass is 10.1. The number of carbonyl (C=O) groups excluding carboxylic acids is 1. The van der Waals surface area contributed by atoms with Crippen LogP contribution >= 0.6 is 11.8 Å². The van der Waals surface area contributed by atoms with Gasteiger partial charge in [-0.2, -0.15) is 0 Å². The summed E-state index contributed by atoms with van der Waals surface area (Å²) < 4.78 is 7.35. The third-order valence-corrected chi connectivity index (χ3v) is 5.25. The molecule has 0 saturated heterocycles. The molecule has 0 aliphatic heterocycles. The van der Waals surface area contributed by atoms with E-state index in [9.17, 15) is 4.79 Å². The summed E-state index contributed by atoms with van der Waals surface area (Å²) >= 11 is 1.36. The van der Waals surface area contributed by atoms with Crippen molar-refractivity contribution in [1.29, 1.82) is 0 Å². The van der Waals surface area contributed by atoms with E-state index in [4.69, 9.17) is 4.42 Å². The first-order valence-electron chi connectivity index (χ1n) is 8.23. The first-order valence-corrected chi connectivity index (χ1v) is 9.22. The summed E-state index contributed by atoms with van der Waals surface area (Å²) in [6, 6.07) is 7.93. The predicted molar refractivity (Wildman–Crippen MR) is 103 cm³/mol. The number of aromatic nitrogens is 3. The summed E-state index contributed by atoms with van der Waals surface area (Å²) in [5, 5.41) is 11.9. The third-order valence-electron chi connectivity index (χ3n) is 4.28. The zero-order valence-corrected chi connectivity index (χ0v) is 15.6. The third kappa shape index (κ3) is 2.94. The molecule has 0 aliphatic rings. The summed E-state index contributed by atoms with van der Waals surface area (Å²) in [5.74, 6) is 0.192. The van der Waals surface area contributed by atoms with Crippen LogP contribution in [0.2, 0.25) is 0 Å². The maximum absolute atomic E-state index is 12.4. The summed E-state index contributed by atoms with van der Waals surface area (Å²) in [4.78, 5) is 12.4. The number of rotatable bonds is 4. The van der Waals surface area contributed by atoms with Crippen molar-refractivity contribution in [3.8, 4) is 0 Å². The lowest BCUT2D eigenvalue weighted by Gasteiger charge is -2.12. The molecule has 0 spiro atoms. The van der Waals surface area contributed by atoms with Crippen LogP contribution in [0.3, 0.4) is 0 Å². The van der Waals surface area contributed by atoms with E-state index < -0.39 is 0 Å². The molecule has 4 rings (SSSR count). The van der Waals surface area contributed by atoms with Gasteiger partial charge in [0.25, 0.3) is 0 Å². The van der Waals surface area contributed by atoms with E-state index in [0.29, 0.717) is 5.03 Å². The Balaban J connectivity index is 1.52. The van der Waals surface area contributed by atoms with E-state index in [0.717, 1.165) is 33.4 Å². The fourth-order valence-electron chi connectivity index (χ4n) is 3.20. The van der Waals surface area contributed by atoms with E-state index in [1.807, 2.05) is 30.4 Å². The number of carbonyl (C=O) groups is 1. The number of nitrogens with zero attached hydrogens (tertiary/aromatic N) is 3. The molecule has 3 heterocycles. The molecule has 26 heavy (non-hydrogen) atoms. The molecule has 0 unspecified atom stereocenters. The van der Waals surface area contributed by atoms with Crippen molar-refractivity contribution >= 4 is 40.0 Å². The lowest BCUT2D eigenvalue weighted by Crippen LogP contribution is -2.16. The zero-order chi connectivity index (χ0) is 18.3. The molecule has 0 radical (unpaired) electrons. The normalized spacial score (nSPS) is 11.3. The first kappa shape index (κ1) is 16.7. The van der Waals surface area contributed by atoms with Crippen molar-refractivity contribution in [3.63, 3.8) is 0 Å². The first-order chi connectivity index (χ1) is 12.5. The number of furan rings is 1. The number of amides is 1. The standard InChI is InChI=1S/C19H18N4O2S/c1-11-6-12(2)18(13(3)7-11)21-17(24)9-26-19-15-8-16-14(4-5-25-16)23(15)10-20-22-19/h4-8,10H,9H2,1-3H3,(H,21,24). The number of hydrogen-bond donors (Lipinski definition) is 1. The highest BCUT2D eigenvalue weighted by atomic mass is 32.2. The van der Waals surface area contributed by atoms with Crippen LogP contribution < -0.4 is 5.32 Å². The van der Waals surface area contributed by atoms with Gasteiger partial charge in [0.2, 0.25) is 5.91 Å². The summed E-state index contributed by atoms with van der Waals surface area (Å²) in [5.41, 5.74) is 6.79. The molecule has 1 amide bonds. The smallest absolute Gasteiger partial charge is 0.234 e. The van der Waals surface area contributed by atoms with Gasteiger partial charge in [0.05, 0.1) is 23.0 Å². The largest absolute Gasteiger partial charge is 0.463 e. The quantitative estimate of drug-likeness (QED) is 0.550. The van der Waals surface area contributed by atoms with Gasteiger partial charge in [-0.25, -0.2) is 0 Å². The van der Waals surface area contributed by atoms with Crippen LogP contribution in [0.5, 0.6) is 0 Å². The number of aryl methyl sites for hydroxylation is 3. The average Bonchev–Trinajstić information content (AvgIpc) is 3.17. The van der Waals surface area contributed by atoms with Crippen LogP contribution in [0.15, 0.2) is 46.3 Å². The lowest BCUT2D eigenvalue weighted by molar-refractivity contribution is -0.113. The predicted octanol–water partition coefficient (Wildman–Crippen LogP) is 4.13. The second kappa shape index (κ2) is 6.49.